The molecule has 0 amide bonds. The van der Waals surface area contributed by atoms with Gasteiger partial charge in [0, 0.05) is 17.4 Å². The minimum atomic E-state index is 0. The maximum atomic E-state index is 8.00. The number of rotatable bonds is 0. The molecule has 0 heterocycles. The third-order valence-corrected chi connectivity index (χ3v) is 0.556. The van der Waals surface area contributed by atoms with Crippen LogP contribution in [0.4, 0.5) is 0 Å². The molecule has 1 aromatic carbocycles. The van der Waals surface area contributed by atoms with E-state index >= 15 is 0 Å². The largest absolute Gasteiger partial charge is 0.307 e. The van der Waals surface area contributed by atoms with Crippen molar-refractivity contribution in [2.24, 2.45) is 0 Å². The molecule has 0 unspecified atom stereocenters. The summed E-state index contributed by atoms with van der Waals surface area (Å²) >= 11 is 0. The Morgan fingerprint density at radius 3 is 1.62 bits per heavy atom. The van der Waals surface area contributed by atoms with Crippen LogP contribution in [0.5, 0.6) is 0 Å². The standard InChI is InChI=1S/C5H5.CH2O.Cr/c1-2-4-5-3-1;1-2;/h1-5H;1H2;/q-1;;. The second-order valence-electron chi connectivity index (χ2n) is 0.962. The van der Waals surface area contributed by atoms with E-state index in [0.29, 0.717) is 0 Å². The molecule has 0 fully saturated rings. The fourth-order valence-electron chi connectivity index (χ4n) is 0.321. The predicted octanol–water partition coefficient (Wildman–Crippen LogP) is 1.22. The van der Waals surface area contributed by atoms with E-state index in [-0.39, 0.29) is 17.4 Å². The van der Waals surface area contributed by atoms with Crippen LogP contribution >= 0.6 is 0 Å². The summed E-state index contributed by atoms with van der Waals surface area (Å²) in [7, 11) is 0. The molecule has 0 N–H and O–H groups in total. The Kier molecular flexibility index (Phi) is 12.8. The molecule has 0 bridgehead atoms. The molecule has 0 radical (unpaired) electrons. The Bertz CT molecular complexity index is 75.4. The van der Waals surface area contributed by atoms with Crippen LogP contribution in [0.1, 0.15) is 0 Å². The van der Waals surface area contributed by atoms with E-state index in [1.54, 1.807) is 0 Å². The molecule has 0 aliphatic rings. The zero-order valence-electron chi connectivity index (χ0n) is 4.41. The summed E-state index contributed by atoms with van der Waals surface area (Å²) in [6.45, 7) is 2.00. The zero-order valence-corrected chi connectivity index (χ0v) is 5.69. The van der Waals surface area contributed by atoms with Crippen molar-refractivity contribution >= 4 is 6.79 Å². The van der Waals surface area contributed by atoms with Crippen LogP contribution in [-0.4, -0.2) is 6.79 Å². The van der Waals surface area contributed by atoms with E-state index in [2.05, 4.69) is 0 Å². The first-order valence-corrected chi connectivity index (χ1v) is 1.96. The van der Waals surface area contributed by atoms with Gasteiger partial charge in [0.2, 0.25) is 0 Å². The third kappa shape index (κ3) is 5.55. The minimum Gasteiger partial charge on any atom is -0.307 e. The smallest absolute Gasteiger partial charge is 0.106 e. The molecule has 0 saturated carbocycles. The van der Waals surface area contributed by atoms with Crippen LogP contribution in [0.3, 0.4) is 0 Å². The third-order valence-electron chi connectivity index (χ3n) is 0.556. The topological polar surface area (TPSA) is 17.1 Å². The first-order chi connectivity index (χ1) is 3.50. The van der Waals surface area contributed by atoms with Gasteiger partial charge in [-0.15, -0.1) is 0 Å². The van der Waals surface area contributed by atoms with E-state index < -0.39 is 0 Å². The van der Waals surface area contributed by atoms with Gasteiger partial charge in [0.05, 0.1) is 0 Å². The second-order valence-corrected chi connectivity index (χ2v) is 0.962. The Hall–Kier alpha value is -0.448. The molecule has 8 heavy (non-hydrogen) atoms. The van der Waals surface area contributed by atoms with Crippen molar-refractivity contribution in [2.75, 3.05) is 0 Å². The number of hydrogen-bond donors (Lipinski definition) is 0. The van der Waals surface area contributed by atoms with Gasteiger partial charge in [0.1, 0.15) is 6.79 Å². The van der Waals surface area contributed by atoms with Gasteiger partial charge >= 0.3 is 0 Å². The van der Waals surface area contributed by atoms with Gasteiger partial charge in [-0.25, -0.2) is 12.1 Å². The van der Waals surface area contributed by atoms with Gasteiger partial charge in [-0.2, -0.15) is 18.2 Å². The Labute approximate surface area is 59.8 Å². The molecule has 0 atom stereocenters. The van der Waals surface area contributed by atoms with Gasteiger partial charge in [-0.05, 0) is 0 Å². The van der Waals surface area contributed by atoms with Gasteiger partial charge < -0.3 is 4.79 Å². The van der Waals surface area contributed by atoms with Crippen molar-refractivity contribution < 1.29 is 22.2 Å². The maximum Gasteiger partial charge on any atom is 0.106 e. The summed E-state index contributed by atoms with van der Waals surface area (Å²) in [4.78, 5) is 8.00. The summed E-state index contributed by atoms with van der Waals surface area (Å²) in [5.74, 6) is 0. The van der Waals surface area contributed by atoms with Gasteiger partial charge in [0.15, 0.2) is 0 Å². The fourth-order valence-corrected chi connectivity index (χ4v) is 0.321. The fraction of sp³-hybridized carbons (Fsp3) is 0. The Morgan fingerprint density at radius 2 is 1.50 bits per heavy atom. The molecule has 0 saturated heterocycles. The van der Waals surface area contributed by atoms with Crippen LogP contribution in [0.2, 0.25) is 0 Å². The van der Waals surface area contributed by atoms with Crippen LogP contribution in [0, 0.1) is 0 Å². The maximum absolute atomic E-state index is 8.00. The molecule has 1 aromatic rings. The van der Waals surface area contributed by atoms with Gasteiger partial charge in [-0.1, -0.05) is 0 Å². The average molecular weight is 147 g/mol. The predicted molar refractivity (Wildman–Crippen MR) is 29.2 cm³/mol. The van der Waals surface area contributed by atoms with Crippen molar-refractivity contribution in [1.82, 2.24) is 0 Å². The zero-order chi connectivity index (χ0) is 5.54. The molecular weight excluding hydrogens is 140 g/mol. The van der Waals surface area contributed by atoms with E-state index in [0.717, 1.165) is 0 Å². The number of hydrogen-bond acceptors (Lipinski definition) is 1. The Morgan fingerprint density at radius 1 is 1.12 bits per heavy atom. The van der Waals surface area contributed by atoms with E-state index in [4.69, 9.17) is 4.79 Å². The normalized spacial score (nSPS) is 5.50. The first kappa shape index (κ1) is 10.5. The van der Waals surface area contributed by atoms with Crippen molar-refractivity contribution in [3.05, 3.63) is 30.3 Å². The summed E-state index contributed by atoms with van der Waals surface area (Å²) in [6, 6.07) is 10.0. The van der Waals surface area contributed by atoms with Crippen LogP contribution in [0.15, 0.2) is 30.3 Å². The van der Waals surface area contributed by atoms with Crippen LogP contribution in [-0.2, 0) is 22.2 Å². The van der Waals surface area contributed by atoms with E-state index in [1.165, 1.54) is 0 Å². The summed E-state index contributed by atoms with van der Waals surface area (Å²) in [5.41, 5.74) is 0. The molecule has 0 aromatic heterocycles. The van der Waals surface area contributed by atoms with Gasteiger partial charge in [-0.3, -0.25) is 0 Å². The average Bonchev–Trinajstić information content (AvgIpc) is 2.23. The molecule has 0 aliphatic heterocycles. The van der Waals surface area contributed by atoms with Crippen molar-refractivity contribution in [3.63, 3.8) is 0 Å². The first-order valence-electron chi connectivity index (χ1n) is 1.96. The second kappa shape index (κ2) is 9.75. The van der Waals surface area contributed by atoms with Crippen molar-refractivity contribution in [2.45, 2.75) is 0 Å². The summed E-state index contributed by atoms with van der Waals surface area (Å²) < 4.78 is 0. The number of carbonyl (C=O) groups excluding carboxylic acids is 1. The monoisotopic (exact) mass is 147 g/mol. The minimum absolute atomic E-state index is 0. The van der Waals surface area contributed by atoms with Crippen LogP contribution in [0.25, 0.3) is 0 Å². The van der Waals surface area contributed by atoms with Crippen molar-refractivity contribution in [3.8, 4) is 0 Å². The number of carbonyl (C=O) groups is 1. The van der Waals surface area contributed by atoms with E-state index in [1.807, 2.05) is 37.1 Å². The van der Waals surface area contributed by atoms with Gasteiger partial charge in [0.25, 0.3) is 0 Å². The van der Waals surface area contributed by atoms with E-state index in [9.17, 15) is 0 Å². The molecule has 0 aliphatic carbocycles. The van der Waals surface area contributed by atoms with Crippen LogP contribution < -0.4 is 0 Å². The van der Waals surface area contributed by atoms with Crippen molar-refractivity contribution in [1.29, 1.82) is 0 Å². The quantitative estimate of drug-likeness (QED) is 0.504. The SMILES string of the molecule is C=O.[Cr].c1cc[cH-]c1. The molecule has 1 rings (SSSR count). The Balaban J connectivity index is 0. The molecule has 1 nitrogen and oxygen atoms in total. The molecule has 0 spiro atoms. The summed E-state index contributed by atoms with van der Waals surface area (Å²) in [5, 5.41) is 0. The summed E-state index contributed by atoms with van der Waals surface area (Å²) in [6.07, 6.45) is 0. The molecular formula is C6H7CrO-. The molecule has 44 valence electrons. The molecule has 2 heteroatoms.